The molecule has 1 amide bonds. The van der Waals surface area contributed by atoms with E-state index in [0.717, 1.165) is 18.2 Å². The minimum atomic E-state index is -5.07. The van der Waals surface area contributed by atoms with Gasteiger partial charge < -0.3 is 9.84 Å². The van der Waals surface area contributed by atoms with Crippen LogP contribution in [0, 0.1) is 17.5 Å². The highest BCUT2D eigenvalue weighted by atomic mass is 19.4. The molecule has 0 saturated carbocycles. The van der Waals surface area contributed by atoms with E-state index >= 15 is 0 Å². The molecule has 0 saturated heterocycles. The number of alkyl halides is 3. The molecular weight excluding hydrogens is 451 g/mol. The maximum absolute atomic E-state index is 14.6. The Morgan fingerprint density at radius 2 is 1.66 bits per heavy atom. The largest absolute Gasteiger partial charge is 0.573 e. The van der Waals surface area contributed by atoms with Crippen LogP contribution in [0.15, 0.2) is 41.5 Å². The molecule has 0 radical (unpaired) electrons. The lowest BCUT2D eigenvalue weighted by atomic mass is 10.0. The number of ether oxygens (including phenoxy) is 1. The molecule has 2 aromatic carbocycles. The molecule has 3 rings (SSSR count). The number of nitrogens with zero attached hydrogens (tertiary/aromatic N) is 1. The average molecular weight is 463 g/mol. The zero-order valence-corrected chi connectivity index (χ0v) is 15.8. The van der Waals surface area contributed by atoms with Crippen LogP contribution < -0.4 is 9.86 Å². The highest BCUT2D eigenvalue weighted by Crippen LogP contribution is 2.37. The van der Waals surface area contributed by atoms with Crippen LogP contribution in [0.1, 0.15) is 19.3 Å². The summed E-state index contributed by atoms with van der Waals surface area (Å²) in [6.07, 6.45) is -5.09. The Morgan fingerprint density at radius 1 is 1.00 bits per heavy atom. The van der Waals surface area contributed by atoms with Crippen LogP contribution in [0.4, 0.5) is 36.5 Å². The third-order valence-electron chi connectivity index (χ3n) is 4.62. The zero-order chi connectivity index (χ0) is 23.8. The van der Waals surface area contributed by atoms with Crippen LogP contribution in [0.2, 0.25) is 0 Å². The van der Waals surface area contributed by atoms with Crippen molar-refractivity contribution in [2.45, 2.75) is 25.6 Å². The van der Waals surface area contributed by atoms with Crippen molar-refractivity contribution in [3.05, 3.63) is 58.9 Å². The molecule has 5 nitrogen and oxygen atoms in total. The Morgan fingerprint density at radius 3 is 2.28 bits per heavy atom. The molecular formula is C20H12F7NO4. The summed E-state index contributed by atoms with van der Waals surface area (Å²) >= 11 is 0. The minimum absolute atomic E-state index is 0.0567. The topological polar surface area (TPSA) is 66.8 Å². The maximum Gasteiger partial charge on any atom is 0.573 e. The second-order valence-corrected chi connectivity index (χ2v) is 6.66. The van der Waals surface area contributed by atoms with Gasteiger partial charge in [-0.3, -0.25) is 4.79 Å². The summed E-state index contributed by atoms with van der Waals surface area (Å²) in [5.74, 6) is -9.68. The van der Waals surface area contributed by atoms with E-state index in [1.807, 2.05) is 0 Å². The molecule has 32 heavy (non-hydrogen) atoms. The summed E-state index contributed by atoms with van der Waals surface area (Å²) in [4.78, 5) is 23.4. The molecule has 0 spiro atoms. The van der Waals surface area contributed by atoms with Gasteiger partial charge in [-0.1, -0.05) is 16.6 Å². The van der Waals surface area contributed by atoms with E-state index in [-0.39, 0.29) is 19.3 Å². The first-order chi connectivity index (χ1) is 14.9. The van der Waals surface area contributed by atoms with Crippen LogP contribution in [-0.2, 0) is 9.59 Å². The number of carbonyl (C=O) groups is 2. The van der Waals surface area contributed by atoms with E-state index in [9.17, 15) is 40.4 Å². The quantitative estimate of drug-likeness (QED) is 0.364. The summed E-state index contributed by atoms with van der Waals surface area (Å²) < 4.78 is 99.0. The first-order valence-corrected chi connectivity index (χ1v) is 8.90. The number of amides is 1. The van der Waals surface area contributed by atoms with E-state index in [0.29, 0.717) is 12.1 Å². The Bertz CT molecular complexity index is 1130. The second kappa shape index (κ2) is 8.52. The summed E-state index contributed by atoms with van der Waals surface area (Å²) in [5, 5.41) is 8.03. The monoisotopic (exact) mass is 463 g/mol. The third kappa shape index (κ3) is 4.53. The van der Waals surface area contributed by atoms with Gasteiger partial charge in [0.25, 0.3) is 5.91 Å². The van der Waals surface area contributed by atoms with Gasteiger partial charge in [0.1, 0.15) is 5.75 Å². The van der Waals surface area contributed by atoms with Gasteiger partial charge in [0.15, 0.2) is 23.1 Å². The number of benzene rings is 2. The molecule has 0 fully saturated rings. The van der Waals surface area contributed by atoms with Crippen molar-refractivity contribution in [1.29, 1.82) is 0 Å². The van der Waals surface area contributed by atoms with E-state index in [2.05, 4.69) is 4.74 Å². The number of hydrogen-bond acceptors (Lipinski definition) is 3. The fraction of sp³-hybridized carbons (Fsp3) is 0.200. The lowest BCUT2D eigenvalue weighted by Crippen LogP contribution is -2.27. The number of carboxylic acid groups (broad SMARTS) is 1. The van der Waals surface area contributed by atoms with Crippen LogP contribution in [-0.4, -0.2) is 23.3 Å². The highest BCUT2D eigenvalue weighted by Gasteiger charge is 2.34. The first-order valence-electron chi connectivity index (χ1n) is 8.90. The molecule has 0 aliphatic heterocycles. The predicted octanol–water partition coefficient (Wildman–Crippen LogP) is 5.45. The van der Waals surface area contributed by atoms with Crippen molar-refractivity contribution in [2.75, 3.05) is 5.12 Å². The Labute approximate surface area is 175 Å². The van der Waals surface area contributed by atoms with Crippen LogP contribution in [0.5, 0.6) is 5.75 Å². The van der Waals surface area contributed by atoms with Gasteiger partial charge in [-0.2, -0.15) is 0 Å². The Hall–Kier alpha value is -3.57. The molecule has 1 aliphatic carbocycles. The van der Waals surface area contributed by atoms with E-state index in [4.69, 9.17) is 5.11 Å². The second-order valence-electron chi connectivity index (χ2n) is 6.66. The summed E-state index contributed by atoms with van der Waals surface area (Å²) in [5.41, 5.74) is -3.93. The third-order valence-corrected chi connectivity index (χ3v) is 4.62. The SMILES string of the molecule is O=C(O)C1=C(C(=O)N(F)c2c(F)cc(-c3cccc(OC(F)(F)F)c3)c(F)c2F)CCC1. The molecule has 0 aromatic heterocycles. The molecule has 0 bridgehead atoms. The number of aliphatic carboxylic acids is 1. The van der Waals surface area contributed by atoms with Crippen LogP contribution in [0.25, 0.3) is 11.1 Å². The van der Waals surface area contributed by atoms with E-state index < -0.39 is 74.5 Å². The Kier molecular flexibility index (Phi) is 6.15. The first kappa shape index (κ1) is 23.1. The number of carbonyl (C=O) groups excluding carboxylic acids is 1. The summed E-state index contributed by atoms with van der Waals surface area (Å²) in [6.45, 7) is 0. The van der Waals surface area contributed by atoms with Gasteiger partial charge in [-0.15, -0.1) is 18.3 Å². The van der Waals surface area contributed by atoms with Crippen LogP contribution >= 0.6 is 0 Å². The number of anilines is 1. The number of hydrogen-bond donors (Lipinski definition) is 1. The highest BCUT2D eigenvalue weighted by molar-refractivity contribution is 6.09. The van der Waals surface area contributed by atoms with Gasteiger partial charge in [0, 0.05) is 16.7 Å². The zero-order valence-electron chi connectivity index (χ0n) is 15.8. The number of rotatable bonds is 5. The van der Waals surface area contributed by atoms with Crippen LogP contribution in [0.3, 0.4) is 0 Å². The van der Waals surface area contributed by atoms with Crippen molar-refractivity contribution >= 4 is 17.6 Å². The smallest absolute Gasteiger partial charge is 0.478 e. The minimum Gasteiger partial charge on any atom is -0.478 e. The van der Waals surface area contributed by atoms with E-state index in [1.165, 1.54) is 0 Å². The van der Waals surface area contributed by atoms with Gasteiger partial charge in [0.2, 0.25) is 0 Å². The van der Waals surface area contributed by atoms with Crippen molar-refractivity contribution in [3.8, 4) is 16.9 Å². The molecule has 0 atom stereocenters. The number of carboxylic acids is 1. The average Bonchev–Trinajstić information content (AvgIpc) is 3.19. The summed E-state index contributed by atoms with van der Waals surface area (Å²) in [7, 11) is 0. The van der Waals surface area contributed by atoms with Gasteiger partial charge >= 0.3 is 12.3 Å². The molecule has 0 unspecified atom stereocenters. The molecule has 12 heteroatoms. The normalized spacial score (nSPS) is 14.0. The predicted molar refractivity (Wildman–Crippen MR) is 95.5 cm³/mol. The van der Waals surface area contributed by atoms with Crippen molar-refractivity contribution in [3.63, 3.8) is 0 Å². The standard InChI is InChI=1S/C20H12F7NO4/c21-14-8-13(9-3-1-4-10(7-9)32-20(24,25)26)15(22)16(23)17(14)28(27)18(29)11-5-2-6-12(11)19(30)31/h1,3-4,7-8H,2,5-6H2,(H,30,31). The summed E-state index contributed by atoms with van der Waals surface area (Å²) in [6, 6.07) is 3.85. The molecule has 170 valence electrons. The number of halogens is 7. The van der Waals surface area contributed by atoms with E-state index in [1.54, 1.807) is 0 Å². The lowest BCUT2D eigenvalue weighted by molar-refractivity contribution is -0.274. The Balaban J connectivity index is 2.02. The molecule has 0 heterocycles. The van der Waals surface area contributed by atoms with Crippen molar-refractivity contribution < 1.29 is 50.3 Å². The fourth-order valence-corrected chi connectivity index (χ4v) is 3.27. The lowest BCUT2D eigenvalue weighted by Gasteiger charge is -2.17. The van der Waals surface area contributed by atoms with Gasteiger partial charge in [-0.25, -0.2) is 18.0 Å². The van der Waals surface area contributed by atoms with Crippen molar-refractivity contribution in [1.82, 2.24) is 0 Å². The molecule has 2 aromatic rings. The van der Waals surface area contributed by atoms with Gasteiger partial charge in [0.05, 0.1) is 0 Å². The molecule has 1 aliphatic rings. The van der Waals surface area contributed by atoms with Crippen molar-refractivity contribution in [2.24, 2.45) is 0 Å². The maximum atomic E-state index is 14.6. The van der Waals surface area contributed by atoms with Gasteiger partial charge in [-0.05, 0) is 43.0 Å². The molecule has 1 N–H and O–H groups in total. The fourth-order valence-electron chi connectivity index (χ4n) is 3.27.